The standard InChI is InChI=1S/C21H32N4O.HI/c1-17(19-12-8-5-9-13-19)24-21(23-16-20(26)25(2)3)22-15-14-18-10-6-4-7-11-18;/h5,8-10,12-13,17H,4,6-7,11,14-16H2,1-3H3,(H2,22,23,24);1H. The van der Waals surface area contributed by atoms with E-state index in [0.29, 0.717) is 5.96 Å². The van der Waals surface area contributed by atoms with E-state index in [0.717, 1.165) is 13.0 Å². The van der Waals surface area contributed by atoms with Crippen LogP contribution in [0.25, 0.3) is 0 Å². The fourth-order valence-corrected chi connectivity index (χ4v) is 2.94. The Morgan fingerprint density at radius 2 is 1.96 bits per heavy atom. The summed E-state index contributed by atoms with van der Waals surface area (Å²) >= 11 is 0. The zero-order valence-electron chi connectivity index (χ0n) is 16.7. The maximum absolute atomic E-state index is 11.9. The lowest BCUT2D eigenvalue weighted by Crippen LogP contribution is -2.40. The van der Waals surface area contributed by atoms with Crippen LogP contribution in [0.2, 0.25) is 0 Å². The van der Waals surface area contributed by atoms with Gasteiger partial charge in [-0.05, 0) is 44.6 Å². The van der Waals surface area contributed by atoms with Crippen LogP contribution >= 0.6 is 24.0 Å². The van der Waals surface area contributed by atoms with Gasteiger partial charge in [-0.15, -0.1) is 24.0 Å². The van der Waals surface area contributed by atoms with Gasteiger partial charge in [0.2, 0.25) is 5.91 Å². The number of hydrogen-bond acceptors (Lipinski definition) is 2. The lowest BCUT2D eigenvalue weighted by atomic mass is 9.97. The first-order valence-corrected chi connectivity index (χ1v) is 9.54. The van der Waals surface area contributed by atoms with Crippen molar-refractivity contribution in [2.75, 3.05) is 27.2 Å². The van der Waals surface area contributed by atoms with Gasteiger partial charge in [-0.1, -0.05) is 42.0 Å². The smallest absolute Gasteiger partial charge is 0.243 e. The summed E-state index contributed by atoms with van der Waals surface area (Å²) in [4.78, 5) is 17.9. The van der Waals surface area contributed by atoms with Gasteiger partial charge < -0.3 is 15.5 Å². The molecular formula is C21H33IN4O. The summed E-state index contributed by atoms with van der Waals surface area (Å²) in [5, 5.41) is 6.80. The third-order valence-corrected chi connectivity index (χ3v) is 4.65. The second kappa shape index (κ2) is 12.8. The van der Waals surface area contributed by atoms with E-state index >= 15 is 0 Å². The average Bonchev–Trinajstić information content (AvgIpc) is 2.67. The van der Waals surface area contributed by atoms with Crippen molar-refractivity contribution in [3.63, 3.8) is 0 Å². The predicted molar refractivity (Wildman–Crippen MR) is 124 cm³/mol. The van der Waals surface area contributed by atoms with Crippen LogP contribution in [0.15, 0.2) is 47.0 Å². The van der Waals surface area contributed by atoms with E-state index < -0.39 is 0 Å². The fourth-order valence-electron chi connectivity index (χ4n) is 2.94. The molecule has 27 heavy (non-hydrogen) atoms. The molecule has 0 spiro atoms. The summed E-state index contributed by atoms with van der Waals surface area (Å²) in [6, 6.07) is 10.4. The number of likely N-dealkylation sites (N-methyl/N-ethyl adjacent to an activating group) is 1. The summed E-state index contributed by atoms with van der Waals surface area (Å²) in [6.45, 7) is 3.08. The number of aliphatic imine (C=N–C) groups is 1. The van der Waals surface area contributed by atoms with E-state index in [1.165, 1.54) is 36.8 Å². The summed E-state index contributed by atoms with van der Waals surface area (Å²) < 4.78 is 0. The van der Waals surface area contributed by atoms with E-state index in [-0.39, 0.29) is 42.5 Å². The normalized spacial score (nSPS) is 15.2. The molecule has 0 saturated heterocycles. The van der Waals surface area contributed by atoms with E-state index in [4.69, 9.17) is 0 Å². The SMILES string of the molecule is CC(NC(=NCC(=O)N(C)C)NCCC1=CCCCC1)c1ccccc1.I. The maximum Gasteiger partial charge on any atom is 0.243 e. The number of benzene rings is 1. The number of carbonyl (C=O) groups excluding carboxylic acids is 1. The van der Waals surface area contributed by atoms with Crippen molar-refractivity contribution >= 4 is 35.8 Å². The van der Waals surface area contributed by atoms with Crippen LogP contribution in [-0.2, 0) is 4.79 Å². The van der Waals surface area contributed by atoms with Gasteiger partial charge in [-0.25, -0.2) is 4.99 Å². The Kier molecular flexibility index (Phi) is 11.1. The summed E-state index contributed by atoms with van der Waals surface area (Å²) in [5.41, 5.74) is 2.72. The molecule has 1 aliphatic carbocycles. The average molecular weight is 484 g/mol. The van der Waals surface area contributed by atoms with E-state index in [2.05, 4.69) is 40.8 Å². The minimum atomic E-state index is -0.00606. The second-order valence-electron chi connectivity index (χ2n) is 7.01. The minimum Gasteiger partial charge on any atom is -0.356 e. The summed E-state index contributed by atoms with van der Waals surface area (Å²) in [6.07, 6.45) is 8.43. The van der Waals surface area contributed by atoms with Crippen molar-refractivity contribution in [2.24, 2.45) is 4.99 Å². The van der Waals surface area contributed by atoms with Gasteiger partial charge in [-0.2, -0.15) is 0 Å². The van der Waals surface area contributed by atoms with Crippen LogP contribution in [0.4, 0.5) is 0 Å². The first kappa shape index (κ1) is 23.5. The summed E-state index contributed by atoms with van der Waals surface area (Å²) in [7, 11) is 3.50. The molecule has 1 atom stereocenters. The number of carbonyl (C=O) groups is 1. The highest BCUT2D eigenvalue weighted by atomic mass is 127. The molecule has 0 bridgehead atoms. The highest BCUT2D eigenvalue weighted by molar-refractivity contribution is 14.0. The monoisotopic (exact) mass is 484 g/mol. The molecule has 5 nitrogen and oxygen atoms in total. The molecule has 6 heteroatoms. The largest absolute Gasteiger partial charge is 0.356 e. The third-order valence-electron chi connectivity index (χ3n) is 4.65. The Labute approximate surface area is 180 Å². The van der Waals surface area contributed by atoms with Gasteiger partial charge in [0, 0.05) is 20.6 Å². The molecule has 1 unspecified atom stereocenters. The maximum atomic E-state index is 11.9. The van der Waals surface area contributed by atoms with Crippen LogP contribution in [-0.4, -0.2) is 44.0 Å². The fraction of sp³-hybridized carbons (Fsp3) is 0.524. The molecule has 150 valence electrons. The number of amides is 1. The van der Waals surface area contributed by atoms with Crippen LogP contribution in [0.3, 0.4) is 0 Å². The van der Waals surface area contributed by atoms with E-state index in [1.807, 2.05) is 18.2 Å². The number of rotatable bonds is 7. The Hall–Kier alpha value is -1.57. The second-order valence-corrected chi connectivity index (χ2v) is 7.01. The van der Waals surface area contributed by atoms with Gasteiger partial charge in [0.15, 0.2) is 5.96 Å². The topological polar surface area (TPSA) is 56.7 Å². The predicted octanol–water partition coefficient (Wildman–Crippen LogP) is 3.88. The highest BCUT2D eigenvalue weighted by Gasteiger charge is 2.10. The molecule has 0 heterocycles. The number of nitrogens with one attached hydrogen (secondary N) is 2. The molecule has 2 rings (SSSR count). The van der Waals surface area contributed by atoms with Crippen LogP contribution in [0.5, 0.6) is 0 Å². The van der Waals surface area contributed by atoms with E-state index in [9.17, 15) is 4.79 Å². The van der Waals surface area contributed by atoms with Crippen LogP contribution in [0, 0.1) is 0 Å². The van der Waals surface area contributed by atoms with Crippen molar-refractivity contribution < 1.29 is 4.79 Å². The Bertz CT molecular complexity index is 628. The van der Waals surface area contributed by atoms with Gasteiger partial charge in [-0.3, -0.25) is 4.79 Å². The lowest BCUT2D eigenvalue weighted by Gasteiger charge is -2.20. The Morgan fingerprint density at radius 3 is 2.59 bits per heavy atom. The van der Waals surface area contributed by atoms with Crippen molar-refractivity contribution in [3.05, 3.63) is 47.5 Å². The Balaban J connectivity index is 0.00000364. The molecule has 0 fully saturated rings. The zero-order valence-corrected chi connectivity index (χ0v) is 19.0. The number of nitrogens with zero attached hydrogens (tertiary/aromatic N) is 2. The van der Waals surface area contributed by atoms with Crippen molar-refractivity contribution in [3.8, 4) is 0 Å². The third kappa shape index (κ3) is 8.77. The Morgan fingerprint density at radius 1 is 1.22 bits per heavy atom. The number of halogens is 1. The van der Waals surface area contributed by atoms with Gasteiger partial charge in [0.05, 0.1) is 6.04 Å². The molecule has 0 aliphatic heterocycles. The first-order valence-electron chi connectivity index (χ1n) is 9.54. The molecule has 2 N–H and O–H groups in total. The molecule has 1 amide bonds. The van der Waals surface area contributed by atoms with Crippen molar-refractivity contribution in [2.45, 2.75) is 45.1 Å². The van der Waals surface area contributed by atoms with Crippen molar-refractivity contribution in [1.82, 2.24) is 15.5 Å². The molecule has 1 aromatic rings. The van der Waals surface area contributed by atoms with Gasteiger partial charge in [0.25, 0.3) is 0 Å². The quantitative estimate of drug-likeness (QED) is 0.267. The molecule has 0 aromatic heterocycles. The van der Waals surface area contributed by atoms with Crippen molar-refractivity contribution in [1.29, 1.82) is 0 Å². The number of guanidine groups is 1. The first-order chi connectivity index (χ1) is 12.6. The van der Waals surface area contributed by atoms with Gasteiger partial charge in [0.1, 0.15) is 6.54 Å². The number of hydrogen-bond donors (Lipinski definition) is 2. The number of allylic oxidation sites excluding steroid dienone is 1. The molecule has 0 saturated carbocycles. The lowest BCUT2D eigenvalue weighted by molar-refractivity contribution is -0.127. The zero-order chi connectivity index (χ0) is 18.8. The highest BCUT2D eigenvalue weighted by Crippen LogP contribution is 2.19. The molecule has 1 aliphatic rings. The van der Waals surface area contributed by atoms with E-state index in [1.54, 1.807) is 19.0 Å². The molecule has 0 radical (unpaired) electrons. The molecule has 1 aromatic carbocycles. The van der Waals surface area contributed by atoms with Crippen LogP contribution < -0.4 is 10.6 Å². The van der Waals surface area contributed by atoms with Gasteiger partial charge >= 0.3 is 0 Å². The minimum absolute atomic E-state index is 0. The van der Waals surface area contributed by atoms with Crippen LogP contribution in [0.1, 0.15) is 50.6 Å². The molecular weight excluding hydrogens is 451 g/mol. The summed E-state index contributed by atoms with van der Waals surface area (Å²) in [5.74, 6) is 0.682.